The summed E-state index contributed by atoms with van der Waals surface area (Å²) in [4.78, 5) is 0. The molecule has 1 saturated heterocycles. The van der Waals surface area contributed by atoms with Gasteiger partial charge in [0.25, 0.3) is 0 Å². The van der Waals surface area contributed by atoms with Gasteiger partial charge >= 0.3 is 0 Å². The molecule has 1 aliphatic rings. The van der Waals surface area contributed by atoms with E-state index in [2.05, 4.69) is 24.5 Å². The van der Waals surface area contributed by atoms with Crippen molar-refractivity contribution in [3.8, 4) is 0 Å². The van der Waals surface area contributed by atoms with Gasteiger partial charge in [-0.3, -0.25) is 0 Å². The van der Waals surface area contributed by atoms with E-state index >= 15 is 0 Å². The predicted octanol–water partition coefficient (Wildman–Crippen LogP) is 0.346. The van der Waals surface area contributed by atoms with Crippen LogP contribution in [0.5, 0.6) is 0 Å². The Morgan fingerprint density at radius 2 is 2.00 bits per heavy atom. The van der Waals surface area contributed by atoms with Crippen molar-refractivity contribution in [1.82, 2.24) is 10.6 Å². The van der Waals surface area contributed by atoms with Gasteiger partial charge in [-0.2, -0.15) is 0 Å². The molecule has 1 heterocycles. The molecule has 0 bridgehead atoms. The van der Waals surface area contributed by atoms with E-state index in [4.69, 9.17) is 0 Å². The lowest BCUT2D eigenvalue weighted by molar-refractivity contribution is 0.490. The van der Waals surface area contributed by atoms with Gasteiger partial charge in [-0.05, 0) is 26.8 Å². The Bertz CT molecular complexity index is 73.0. The van der Waals surface area contributed by atoms with Gasteiger partial charge in [-0.15, -0.1) is 0 Å². The average Bonchev–Trinajstić information content (AvgIpc) is 1.93. The number of nitrogens with one attached hydrogen (secondary N) is 2. The molecule has 1 rings (SSSR count). The maximum absolute atomic E-state index is 3.48. The van der Waals surface area contributed by atoms with Crippen LogP contribution >= 0.6 is 0 Å². The van der Waals surface area contributed by atoms with Crippen LogP contribution < -0.4 is 10.6 Å². The quantitative estimate of drug-likeness (QED) is 0.492. The smallest absolute Gasteiger partial charge is 0.0166 e. The number of hydrogen-bond donors (Lipinski definition) is 2. The second-order valence-corrected chi connectivity index (χ2v) is 2.96. The first-order valence-corrected chi connectivity index (χ1v) is 3.76. The van der Waals surface area contributed by atoms with Crippen LogP contribution in [0, 0.1) is 0 Å². The summed E-state index contributed by atoms with van der Waals surface area (Å²) in [7, 11) is 0. The molecule has 9 heavy (non-hydrogen) atoms. The minimum Gasteiger partial charge on any atom is -0.315 e. The molecule has 2 unspecified atom stereocenters. The Hall–Kier alpha value is -0.0800. The highest BCUT2D eigenvalue weighted by Crippen LogP contribution is 1.95. The Balaban J connectivity index is 2.29. The number of hydrogen-bond acceptors (Lipinski definition) is 2. The first kappa shape index (κ1) is 7.03. The molecule has 0 saturated carbocycles. The van der Waals surface area contributed by atoms with E-state index < -0.39 is 0 Å². The first-order valence-electron chi connectivity index (χ1n) is 3.76. The maximum atomic E-state index is 3.48. The van der Waals surface area contributed by atoms with Crippen LogP contribution in [0.4, 0.5) is 0 Å². The summed E-state index contributed by atoms with van der Waals surface area (Å²) in [6, 6.07) is 1.33. The molecule has 0 amide bonds. The van der Waals surface area contributed by atoms with Gasteiger partial charge < -0.3 is 10.6 Å². The zero-order chi connectivity index (χ0) is 6.69. The van der Waals surface area contributed by atoms with Crippen LogP contribution in [-0.2, 0) is 0 Å². The van der Waals surface area contributed by atoms with Gasteiger partial charge in [-0.25, -0.2) is 0 Å². The van der Waals surface area contributed by atoms with Gasteiger partial charge in [-0.1, -0.05) is 0 Å². The Labute approximate surface area is 57.0 Å². The topological polar surface area (TPSA) is 24.1 Å². The first-order chi connectivity index (χ1) is 4.29. The molecule has 2 atom stereocenters. The van der Waals surface area contributed by atoms with Gasteiger partial charge in [0, 0.05) is 18.6 Å². The van der Waals surface area contributed by atoms with Gasteiger partial charge in [0.2, 0.25) is 0 Å². The minimum atomic E-state index is 0.641. The standard InChI is InChI=1S/C7H16N2/c1-6-3-4-8-5-7(2)9-6/h6-9H,3-5H2,1-2H3. The highest BCUT2D eigenvalue weighted by Gasteiger charge is 2.09. The van der Waals surface area contributed by atoms with Crippen LogP contribution in [0.25, 0.3) is 0 Å². The van der Waals surface area contributed by atoms with Crippen LogP contribution in [0.2, 0.25) is 0 Å². The Morgan fingerprint density at radius 3 is 2.78 bits per heavy atom. The highest BCUT2D eigenvalue weighted by molar-refractivity contribution is 4.74. The SMILES string of the molecule is CC1CCNCC(C)N1. The molecule has 2 N–H and O–H groups in total. The van der Waals surface area contributed by atoms with Crippen molar-refractivity contribution in [3.05, 3.63) is 0 Å². The summed E-state index contributed by atoms with van der Waals surface area (Å²) in [5.74, 6) is 0. The molecule has 0 radical (unpaired) electrons. The zero-order valence-electron chi connectivity index (χ0n) is 6.28. The third-order valence-electron chi connectivity index (χ3n) is 1.77. The van der Waals surface area contributed by atoms with E-state index in [9.17, 15) is 0 Å². The van der Waals surface area contributed by atoms with Gasteiger partial charge in [0.1, 0.15) is 0 Å². The van der Waals surface area contributed by atoms with Crippen LogP contribution in [-0.4, -0.2) is 25.2 Å². The summed E-state index contributed by atoms with van der Waals surface area (Å²) < 4.78 is 0. The summed E-state index contributed by atoms with van der Waals surface area (Å²) in [5, 5.41) is 6.84. The fourth-order valence-corrected chi connectivity index (χ4v) is 1.27. The second kappa shape index (κ2) is 3.18. The van der Waals surface area contributed by atoms with Crippen molar-refractivity contribution in [2.75, 3.05) is 13.1 Å². The third kappa shape index (κ3) is 2.33. The predicted molar refractivity (Wildman–Crippen MR) is 39.5 cm³/mol. The van der Waals surface area contributed by atoms with Crippen molar-refractivity contribution >= 4 is 0 Å². The second-order valence-electron chi connectivity index (χ2n) is 2.96. The molecule has 0 spiro atoms. The monoisotopic (exact) mass is 128 g/mol. The van der Waals surface area contributed by atoms with E-state index in [1.54, 1.807) is 0 Å². The van der Waals surface area contributed by atoms with Crippen molar-refractivity contribution in [2.45, 2.75) is 32.4 Å². The van der Waals surface area contributed by atoms with E-state index in [0.717, 1.165) is 6.54 Å². The lowest BCUT2D eigenvalue weighted by atomic mass is 10.2. The zero-order valence-corrected chi connectivity index (χ0v) is 6.28. The van der Waals surface area contributed by atoms with Crippen molar-refractivity contribution in [1.29, 1.82) is 0 Å². The lowest BCUT2D eigenvalue weighted by Gasteiger charge is -2.13. The summed E-state index contributed by atoms with van der Waals surface area (Å²) in [5.41, 5.74) is 0. The lowest BCUT2D eigenvalue weighted by Crippen LogP contribution is -2.36. The summed E-state index contributed by atoms with van der Waals surface area (Å²) in [6.07, 6.45) is 1.25. The third-order valence-corrected chi connectivity index (χ3v) is 1.77. The fraction of sp³-hybridized carbons (Fsp3) is 1.00. The molecule has 1 fully saturated rings. The Kier molecular flexibility index (Phi) is 2.49. The Morgan fingerprint density at radius 1 is 1.22 bits per heavy atom. The molecule has 0 aliphatic carbocycles. The van der Waals surface area contributed by atoms with Crippen LogP contribution in [0.1, 0.15) is 20.3 Å². The molecular formula is C7H16N2. The molecule has 0 aromatic carbocycles. The summed E-state index contributed by atoms with van der Waals surface area (Å²) >= 11 is 0. The van der Waals surface area contributed by atoms with E-state index in [0.29, 0.717) is 12.1 Å². The molecule has 54 valence electrons. The van der Waals surface area contributed by atoms with Gasteiger partial charge in [0.15, 0.2) is 0 Å². The van der Waals surface area contributed by atoms with Crippen molar-refractivity contribution in [2.24, 2.45) is 0 Å². The van der Waals surface area contributed by atoms with E-state index in [-0.39, 0.29) is 0 Å². The fourth-order valence-electron chi connectivity index (χ4n) is 1.27. The van der Waals surface area contributed by atoms with Crippen molar-refractivity contribution < 1.29 is 0 Å². The maximum Gasteiger partial charge on any atom is 0.0166 e. The molecule has 1 aliphatic heterocycles. The highest BCUT2D eigenvalue weighted by atomic mass is 15.0. The van der Waals surface area contributed by atoms with E-state index in [1.165, 1.54) is 13.0 Å². The molecular weight excluding hydrogens is 112 g/mol. The molecule has 2 nitrogen and oxygen atoms in total. The van der Waals surface area contributed by atoms with Crippen molar-refractivity contribution in [3.63, 3.8) is 0 Å². The average molecular weight is 128 g/mol. The van der Waals surface area contributed by atoms with E-state index in [1.807, 2.05) is 0 Å². The summed E-state index contributed by atoms with van der Waals surface area (Å²) in [6.45, 7) is 6.74. The molecule has 2 heteroatoms. The minimum absolute atomic E-state index is 0.641. The largest absolute Gasteiger partial charge is 0.315 e. The molecule has 0 aromatic heterocycles. The van der Waals surface area contributed by atoms with Gasteiger partial charge in [0.05, 0.1) is 0 Å². The van der Waals surface area contributed by atoms with Crippen LogP contribution in [0.15, 0.2) is 0 Å². The molecule has 0 aromatic rings. The normalized spacial score (nSPS) is 38.0. The number of rotatable bonds is 0. The van der Waals surface area contributed by atoms with Crippen LogP contribution in [0.3, 0.4) is 0 Å².